The summed E-state index contributed by atoms with van der Waals surface area (Å²) in [5.74, 6) is 0.966. The van der Waals surface area contributed by atoms with Gasteiger partial charge in [-0.2, -0.15) is 0 Å². The molecule has 0 spiro atoms. The van der Waals surface area contributed by atoms with Gasteiger partial charge >= 0.3 is 0 Å². The normalized spacial score (nSPS) is 16.7. The van der Waals surface area contributed by atoms with Gasteiger partial charge in [0.2, 0.25) is 5.90 Å². The Bertz CT molecular complexity index is 1460. The number of aliphatic hydroxyl groups excluding tert-OH is 1. The molecule has 5 rings (SSSR count). The summed E-state index contributed by atoms with van der Waals surface area (Å²) in [6.45, 7) is 1.08. The fourth-order valence-electron chi connectivity index (χ4n) is 4.60. The van der Waals surface area contributed by atoms with E-state index in [2.05, 4.69) is 23.5 Å². The second kappa shape index (κ2) is 12.4. The molecule has 0 radical (unpaired) electrons. The van der Waals surface area contributed by atoms with Crippen molar-refractivity contribution in [1.82, 2.24) is 5.32 Å². The number of carbonyl (C=O) groups is 1. The maximum Gasteiger partial charge on any atom is 0.252 e. The second-order valence-corrected chi connectivity index (χ2v) is 9.53. The van der Waals surface area contributed by atoms with Crippen molar-refractivity contribution in [2.24, 2.45) is 4.99 Å². The molecule has 1 heterocycles. The van der Waals surface area contributed by atoms with E-state index in [1.807, 2.05) is 91.0 Å². The molecule has 1 aliphatic heterocycles. The summed E-state index contributed by atoms with van der Waals surface area (Å²) < 4.78 is 11.6. The Kier molecular flexibility index (Phi) is 8.34. The molecule has 4 aromatic rings. The van der Waals surface area contributed by atoms with Crippen molar-refractivity contribution in [2.75, 3.05) is 19.8 Å². The van der Waals surface area contributed by atoms with Crippen LogP contribution in [-0.4, -0.2) is 42.3 Å². The van der Waals surface area contributed by atoms with E-state index in [9.17, 15) is 4.79 Å². The minimum absolute atomic E-state index is 0.0894. The highest BCUT2D eigenvalue weighted by Gasteiger charge is 2.43. The van der Waals surface area contributed by atoms with Crippen LogP contribution in [0.15, 0.2) is 108 Å². The van der Waals surface area contributed by atoms with Crippen molar-refractivity contribution < 1.29 is 19.4 Å². The first-order chi connectivity index (χ1) is 19.2. The van der Waals surface area contributed by atoms with Crippen LogP contribution in [0, 0.1) is 0 Å². The largest absolute Gasteiger partial charge is 0.494 e. The molecule has 1 aliphatic rings. The molecule has 0 unspecified atom stereocenters. The van der Waals surface area contributed by atoms with Gasteiger partial charge in [-0.15, -0.1) is 0 Å². The van der Waals surface area contributed by atoms with Gasteiger partial charge in [-0.05, 0) is 46.2 Å². The summed E-state index contributed by atoms with van der Waals surface area (Å²) >= 11 is 0. The van der Waals surface area contributed by atoms with E-state index in [-0.39, 0.29) is 19.1 Å². The van der Waals surface area contributed by atoms with Crippen molar-refractivity contribution in [1.29, 1.82) is 0 Å². The van der Waals surface area contributed by atoms with Crippen LogP contribution in [0.2, 0.25) is 0 Å². The van der Waals surface area contributed by atoms with Crippen LogP contribution in [0.25, 0.3) is 16.8 Å². The highest BCUT2D eigenvalue weighted by atomic mass is 16.5. The van der Waals surface area contributed by atoms with E-state index >= 15 is 0 Å². The van der Waals surface area contributed by atoms with Crippen molar-refractivity contribution in [3.8, 4) is 5.75 Å². The van der Waals surface area contributed by atoms with Gasteiger partial charge in [-0.25, -0.2) is 4.99 Å². The summed E-state index contributed by atoms with van der Waals surface area (Å²) in [4.78, 5) is 18.6. The first-order valence-corrected chi connectivity index (χ1v) is 13.2. The van der Waals surface area contributed by atoms with Gasteiger partial charge < -0.3 is 19.9 Å². The molecular formula is C33H32N2O4. The zero-order valence-corrected chi connectivity index (χ0v) is 21.8. The Labute approximate surface area is 228 Å². The number of rotatable bonds is 11. The fourth-order valence-corrected chi connectivity index (χ4v) is 4.60. The number of aliphatic imine (C=N–C) groups is 1. The zero-order chi connectivity index (χ0) is 26.9. The van der Waals surface area contributed by atoms with Gasteiger partial charge in [0.15, 0.2) is 5.54 Å². The molecule has 2 N–H and O–H groups in total. The second-order valence-electron chi connectivity index (χ2n) is 9.53. The van der Waals surface area contributed by atoms with Gasteiger partial charge in [0.05, 0.1) is 6.61 Å². The quantitative estimate of drug-likeness (QED) is 0.255. The van der Waals surface area contributed by atoms with E-state index in [4.69, 9.17) is 19.6 Å². The number of aliphatic hydroxyl groups is 1. The molecule has 0 bridgehead atoms. The van der Waals surface area contributed by atoms with Gasteiger partial charge in [0.25, 0.3) is 5.91 Å². The lowest BCUT2D eigenvalue weighted by atomic mass is 9.95. The monoisotopic (exact) mass is 520 g/mol. The first kappa shape index (κ1) is 26.2. The summed E-state index contributed by atoms with van der Waals surface area (Å²) in [6, 6.07) is 31.7. The van der Waals surface area contributed by atoms with Crippen LogP contribution >= 0.6 is 0 Å². The molecule has 0 saturated heterocycles. The van der Waals surface area contributed by atoms with Crippen LogP contribution in [0.5, 0.6) is 5.75 Å². The number of hydrogen-bond donors (Lipinski definition) is 2. The van der Waals surface area contributed by atoms with E-state index < -0.39 is 5.54 Å². The van der Waals surface area contributed by atoms with E-state index in [0.29, 0.717) is 37.6 Å². The lowest BCUT2D eigenvalue weighted by molar-refractivity contribution is -0.126. The smallest absolute Gasteiger partial charge is 0.252 e. The number of ether oxygens (including phenoxy) is 2. The molecule has 1 atom stereocenters. The molecule has 0 saturated carbocycles. The third-order valence-electron chi connectivity index (χ3n) is 6.74. The first-order valence-electron chi connectivity index (χ1n) is 13.2. The maximum absolute atomic E-state index is 13.7. The highest BCUT2D eigenvalue weighted by Crippen LogP contribution is 2.28. The summed E-state index contributed by atoms with van der Waals surface area (Å²) in [5.41, 5.74) is 1.81. The molecule has 198 valence electrons. The number of nitrogens with one attached hydrogen (secondary N) is 1. The van der Waals surface area contributed by atoms with Crippen LogP contribution in [0.4, 0.5) is 0 Å². The fraction of sp³-hybridized carbons (Fsp3) is 0.212. The lowest BCUT2D eigenvalue weighted by Gasteiger charge is -2.22. The number of hydrogen-bond acceptors (Lipinski definition) is 5. The Morgan fingerprint density at radius 1 is 0.974 bits per heavy atom. The summed E-state index contributed by atoms with van der Waals surface area (Å²) in [7, 11) is 0. The third-order valence-corrected chi connectivity index (χ3v) is 6.74. The van der Waals surface area contributed by atoms with Crippen LogP contribution in [-0.2, 0) is 16.1 Å². The molecule has 0 fully saturated rings. The number of carbonyl (C=O) groups excluding carboxylic acids is 1. The van der Waals surface area contributed by atoms with E-state index in [0.717, 1.165) is 27.5 Å². The Morgan fingerprint density at radius 3 is 2.56 bits per heavy atom. The topological polar surface area (TPSA) is 80.2 Å². The van der Waals surface area contributed by atoms with E-state index in [1.54, 1.807) is 0 Å². The van der Waals surface area contributed by atoms with Gasteiger partial charge in [-0.1, -0.05) is 84.9 Å². The summed E-state index contributed by atoms with van der Waals surface area (Å²) in [6.07, 6.45) is 4.96. The number of nitrogens with zero attached hydrogens (tertiary/aromatic N) is 1. The molecule has 39 heavy (non-hydrogen) atoms. The van der Waals surface area contributed by atoms with Crippen molar-refractivity contribution in [2.45, 2.75) is 24.9 Å². The average Bonchev–Trinajstić information content (AvgIpc) is 3.42. The van der Waals surface area contributed by atoms with Gasteiger partial charge in [0.1, 0.15) is 12.4 Å². The average molecular weight is 521 g/mol. The Balaban J connectivity index is 1.36. The third kappa shape index (κ3) is 6.36. The minimum atomic E-state index is -1.08. The molecule has 6 nitrogen and oxygen atoms in total. The molecule has 1 amide bonds. The van der Waals surface area contributed by atoms with Crippen molar-refractivity contribution in [3.05, 3.63) is 120 Å². The maximum atomic E-state index is 13.7. The SMILES string of the molecule is O=C(NCc1cccc2ccccc12)[C@@]1(C/C=C/c2ccccc2)COC(c2ccc(OCCCO)cc2)=N1. The van der Waals surface area contributed by atoms with Crippen LogP contribution in [0.1, 0.15) is 29.5 Å². The van der Waals surface area contributed by atoms with E-state index in [1.165, 1.54) is 0 Å². The minimum Gasteiger partial charge on any atom is -0.494 e. The lowest BCUT2D eigenvalue weighted by Crippen LogP contribution is -2.46. The van der Waals surface area contributed by atoms with Gasteiger partial charge in [0, 0.05) is 31.6 Å². The van der Waals surface area contributed by atoms with Crippen molar-refractivity contribution >= 4 is 28.7 Å². The number of benzene rings is 4. The molecular weight excluding hydrogens is 488 g/mol. The standard InChI is InChI=1S/C33H32N2O4/c36-21-8-22-38-29-18-16-27(17-19-29)31-35-33(24-39-31,20-7-11-25-9-2-1-3-10-25)32(37)34-23-28-14-6-13-26-12-4-5-15-30(26)28/h1-7,9-19,36H,8,20-24H2,(H,34,37)/b11-7+/t33-/m1/s1. The predicted molar refractivity (Wildman–Crippen MR) is 155 cm³/mol. The highest BCUT2D eigenvalue weighted by molar-refractivity contribution is 6.00. The predicted octanol–water partition coefficient (Wildman–Crippen LogP) is 5.54. The van der Waals surface area contributed by atoms with Crippen LogP contribution < -0.4 is 10.1 Å². The van der Waals surface area contributed by atoms with Crippen LogP contribution in [0.3, 0.4) is 0 Å². The molecule has 4 aromatic carbocycles. The number of amides is 1. The van der Waals surface area contributed by atoms with Crippen molar-refractivity contribution in [3.63, 3.8) is 0 Å². The molecule has 0 aliphatic carbocycles. The number of fused-ring (bicyclic) bond motifs is 1. The van der Waals surface area contributed by atoms with Gasteiger partial charge in [-0.3, -0.25) is 4.79 Å². The molecule has 6 heteroatoms. The Morgan fingerprint density at radius 2 is 1.74 bits per heavy atom. The zero-order valence-electron chi connectivity index (χ0n) is 21.8. The summed E-state index contributed by atoms with van der Waals surface area (Å²) in [5, 5.41) is 14.3. The molecule has 0 aromatic heterocycles. The Hall–Kier alpha value is -4.42.